The van der Waals surface area contributed by atoms with Gasteiger partial charge in [0.1, 0.15) is 5.25 Å². The van der Waals surface area contributed by atoms with Gasteiger partial charge in [-0.2, -0.15) is 0 Å². The van der Waals surface area contributed by atoms with Crippen LogP contribution in [0.15, 0.2) is 32.6 Å². The summed E-state index contributed by atoms with van der Waals surface area (Å²) in [6.45, 7) is 4.30. The summed E-state index contributed by atoms with van der Waals surface area (Å²) in [6, 6.07) is 5.41. The van der Waals surface area contributed by atoms with Crippen LogP contribution in [-0.4, -0.2) is 27.9 Å². The fraction of sp³-hybridized carbons (Fsp3) is 0.400. The molecule has 2 rings (SSSR count). The van der Waals surface area contributed by atoms with Gasteiger partial charge in [-0.25, -0.2) is 4.98 Å². The van der Waals surface area contributed by atoms with Crippen molar-refractivity contribution in [1.82, 2.24) is 9.55 Å². The second kappa shape index (κ2) is 7.28. The van der Waals surface area contributed by atoms with E-state index in [2.05, 4.69) is 20.9 Å². The standard InChI is InChI=1S/C15H17BrN2O3S/c1-4-7-18-13(19)11-8-10(16)5-6-12(11)17-15(18)22-9(2)14(20)21-3/h5-6,8-9H,4,7H2,1-3H3/t9-/m0/s1. The predicted octanol–water partition coefficient (Wildman–Crippen LogP) is 3.22. The number of hydrogen-bond donors (Lipinski definition) is 0. The predicted molar refractivity (Wildman–Crippen MR) is 91.3 cm³/mol. The van der Waals surface area contributed by atoms with Crippen LogP contribution in [0.4, 0.5) is 0 Å². The molecule has 0 bridgehead atoms. The molecule has 22 heavy (non-hydrogen) atoms. The summed E-state index contributed by atoms with van der Waals surface area (Å²) >= 11 is 4.62. The van der Waals surface area contributed by atoms with E-state index in [0.29, 0.717) is 22.6 Å². The minimum atomic E-state index is -0.423. The molecule has 0 aliphatic rings. The average molecular weight is 385 g/mol. The van der Waals surface area contributed by atoms with Crippen molar-refractivity contribution in [2.24, 2.45) is 0 Å². The molecule has 1 atom stereocenters. The zero-order valence-electron chi connectivity index (χ0n) is 12.6. The summed E-state index contributed by atoms with van der Waals surface area (Å²) in [6.07, 6.45) is 0.807. The van der Waals surface area contributed by atoms with E-state index in [1.54, 1.807) is 23.6 Å². The van der Waals surface area contributed by atoms with Gasteiger partial charge in [-0.15, -0.1) is 0 Å². The van der Waals surface area contributed by atoms with Crippen molar-refractivity contribution < 1.29 is 9.53 Å². The van der Waals surface area contributed by atoms with Gasteiger partial charge < -0.3 is 4.74 Å². The number of esters is 1. The lowest BCUT2D eigenvalue weighted by molar-refractivity contribution is -0.139. The summed E-state index contributed by atoms with van der Waals surface area (Å²) in [4.78, 5) is 28.8. The van der Waals surface area contributed by atoms with Gasteiger partial charge in [0, 0.05) is 11.0 Å². The first-order valence-corrected chi connectivity index (χ1v) is 8.59. The first-order valence-electron chi connectivity index (χ1n) is 6.92. The van der Waals surface area contributed by atoms with Crippen LogP contribution in [0.2, 0.25) is 0 Å². The first kappa shape index (κ1) is 17.0. The third-order valence-corrected chi connectivity index (χ3v) is 4.71. The Morgan fingerprint density at radius 2 is 2.23 bits per heavy atom. The number of nitrogens with zero attached hydrogens (tertiary/aromatic N) is 2. The third-order valence-electron chi connectivity index (χ3n) is 3.14. The highest BCUT2D eigenvalue weighted by atomic mass is 79.9. The second-order valence-electron chi connectivity index (χ2n) is 4.80. The Morgan fingerprint density at radius 3 is 2.86 bits per heavy atom. The van der Waals surface area contributed by atoms with Gasteiger partial charge in [-0.3, -0.25) is 14.2 Å². The van der Waals surface area contributed by atoms with Gasteiger partial charge in [0.25, 0.3) is 5.56 Å². The van der Waals surface area contributed by atoms with Crippen molar-refractivity contribution in [3.8, 4) is 0 Å². The molecular weight excluding hydrogens is 368 g/mol. The van der Waals surface area contributed by atoms with Crippen LogP contribution in [0.3, 0.4) is 0 Å². The highest BCUT2D eigenvalue weighted by molar-refractivity contribution is 9.10. The Labute approximate surface area is 141 Å². The van der Waals surface area contributed by atoms with E-state index in [-0.39, 0.29) is 11.5 Å². The summed E-state index contributed by atoms with van der Waals surface area (Å²) in [5.41, 5.74) is 0.535. The Bertz CT molecular complexity index is 760. The van der Waals surface area contributed by atoms with Crippen molar-refractivity contribution in [3.63, 3.8) is 0 Å². The molecule has 7 heteroatoms. The lowest BCUT2D eigenvalue weighted by Crippen LogP contribution is -2.25. The quantitative estimate of drug-likeness (QED) is 0.449. The van der Waals surface area contributed by atoms with Gasteiger partial charge in [0.2, 0.25) is 0 Å². The number of thioether (sulfide) groups is 1. The summed E-state index contributed by atoms with van der Waals surface area (Å²) in [5, 5.41) is 0.686. The molecule has 0 radical (unpaired) electrons. The molecule has 5 nitrogen and oxygen atoms in total. The smallest absolute Gasteiger partial charge is 0.318 e. The number of aromatic nitrogens is 2. The van der Waals surface area contributed by atoms with Crippen LogP contribution in [0.25, 0.3) is 10.9 Å². The number of halogens is 1. The molecule has 0 aliphatic heterocycles. The van der Waals surface area contributed by atoms with Gasteiger partial charge in [0.15, 0.2) is 5.16 Å². The molecule has 0 saturated heterocycles. The Hall–Kier alpha value is -1.34. The maximum Gasteiger partial charge on any atom is 0.318 e. The molecule has 0 aliphatic carbocycles. The molecule has 0 saturated carbocycles. The summed E-state index contributed by atoms with van der Waals surface area (Å²) < 4.78 is 7.20. The molecule has 0 amide bonds. The van der Waals surface area contributed by atoms with Crippen molar-refractivity contribution in [3.05, 3.63) is 33.0 Å². The Balaban J connectivity index is 2.57. The number of benzene rings is 1. The maximum absolute atomic E-state index is 12.7. The van der Waals surface area contributed by atoms with E-state index in [1.165, 1.54) is 18.9 Å². The minimum absolute atomic E-state index is 0.0901. The average Bonchev–Trinajstić information content (AvgIpc) is 2.51. The highest BCUT2D eigenvalue weighted by Gasteiger charge is 2.19. The second-order valence-corrected chi connectivity index (χ2v) is 7.02. The fourth-order valence-corrected chi connectivity index (χ4v) is 3.38. The van der Waals surface area contributed by atoms with Crippen LogP contribution in [0.5, 0.6) is 0 Å². The largest absolute Gasteiger partial charge is 0.468 e. The lowest BCUT2D eigenvalue weighted by Gasteiger charge is -2.14. The lowest BCUT2D eigenvalue weighted by atomic mass is 10.2. The normalized spacial score (nSPS) is 12.4. The van der Waals surface area contributed by atoms with E-state index in [9.17, 15) is 9.59 Å². The molecule has 0 fully saturated rings. The molecule has 0 unspecified atom stereocenters. The summed E-state index contributed by atoms with van der Waals surface area (Å²) in [5.74, 6) is -0.335. The Morgan fingerprint density at radius 1 is 1.50 bits per heavy atom. The number of hydrogen-bond acceptors (Lipinski definition) is 5. The van der Waals surface area contributed by atoms with Crippen LogP contribution in [-0.2, 0) is 16.1 Å². The van der Waals surface area contributed by atoms with Crippen molar-refractivity contribution in [2.45, 2.75) is 37.2 Å². The van der Waals surface area contributed by atoms with E-state index in [0.717, 1.165) is 10.9 Å². The van der Waals surface area contributed by atoms with Crippen LogP contribution < -0.4 is 5.56 Å². The molecule has 1 aromatic carbocycles. The van der Waals surface area contributed by atoms with E-state index < -0.39 is 5.25 Å². The monoisotopic (exact) mass is 384 g/mol. The molecule has 118 valence electrons. The number of methoxy groups -OCH3 is 1. The first-order chi connectivity index (χ1) is 10.5. The molecule has 0 spiro atoms. The number of ether oxygens (including phenoxy) is 1. The van der Waals surface area contributed by atoms with Crippen LogP contribution in [0, 0.1) is 0 Å². The van der Waals surface area contributed by atoms with E-state index in [4.69, 9.17) is 4.74 Å². The fourth-order valence-electron chi connectivity index (χ4n) is 2.06. The number of carbonyl (C=O) groups is 1. The zero-order chi connectivity index (χ0) is 16.3. The molecule has 1 heterocycles. The summed E-state index contributed by atoms with van der Waals surface area (Å²) in [7, 11) is 1.35. The molecule has 1 aromatic heterocycles. The maximum atomic E-state index is 12.7. The van der Waals surface area contributed by atoms with E-state index in [1.807, 2.05) is 13.0 Å². The molecular formula is C15H17BrN2O3S. The van der Waals surface area contributed by atoms with E-state index >= 15 is 0 Å². The van der Waals surface area contributed by atoms with Crippen LogP contribution >= 0.6 is 27.7 Å². The number of carbonyl (C=O) groups excluding carboxylic acids is 1. The zero-order valence-corrected chi connectivity index (χ0v) is 15.0. The molecule has 2 aromatic rings. The van der Waals surface area contributed by atoms with Crippen molar-refractivity contribution >= 4 is 44.6 Å². The molecule has 0 N–H and O–H groups in total. The minimum Gasteiger partial charge on any atom is -0.468 e. The number of fused-ring (bicyclic) bond motifs is 1. The van der Waals surface area contributed by atoms with Crippen molar-refractivity contribution in [2.75, 3.05) is 7.11 Å². The van der Waals surface area contributed by atoms with Gasteiger partial charge in [-0.1, -0.05) is 34.6 Å². The highest BCUT2D eigenvalue weighted by Crippen LogP contribution is 2.24. The van der Waals surface area contributed by atoms with Gasteiger partial charge in [0.05, 0.1) is 18.0 Å². The topological polar surface area (TPSA) is 61.2 Å². The van der Waals surface area contributed by atoms with Crippen LogP contribution in [0.1, 0.15) is 20.3 Å². The van der Waals surface area contributed by atoms with Gasteiger partial charge in [-0.05, 0) is 31.5 Å². The third kappa shape index (κ3) is 3.52. The number of rotatable bonds is 5. The van der Waals surface area contributed by atoms with Gasteiger partial charge >= 0.3 is 5.97 Å². The Kier molecular flexibility index (Phi) is 5.63. The SMILES string of the molecule is CCCn1c(S[C@@H](C)C(=O)OC)nc2ccc(Br)cc2c1=O. The van der Waals surface area contributed by atoms with Crippen molar-refractivity contribution in [1.29, 1.82) is 0 Å².